The highest BCUT2D eigenvalue weighted by atomic mass is 15.3. The maximum Gasteiger partial charge on any atom is 0.204 e. The number of hydrogen-bond acceptors (Lipinski definition) is 4. The van der Waals surface area contributed by atoms with Crippen molar-refractivity contribution in [2.75, 3.05) is 0 Å². The molecule has 1 aromatic carbocycles. The van der Waals surface area contributed by atoms with Gasteiger partial charge in [-0.2, -0.15) is 5.11 Å². The quantitative estimate of drug-likeness (QED) is 0.754. The van der Waals surface area contributed by atoms with Crippen LogP contribution in [0.15, 0.2) is 46.3 Å². The highest BCUT2D eigenvalue weighted by molar-refractivity contribution is 5.30. The molecular weight excluding hydrogens is 200 g/mol. The molecule has 0 bridgehead atoms. The second kappa shape index (κ2) is 4.15. The van der Waals surface area contributed by atoms with Gasteiger partial charge in [0.05, 0.1) is 6.20 Å². The minimum Gasteiger partial charge on any atom is -0.290 e. The van der Waals surface area contributed by atoms with Crippen LogP contribution in [-0.2, 0) is 12.8 Å². The molecule has 0 amide bonds. The zero-order chi connectivity index (χ0) is 11.6. The van der Waals surface area contributed by atoms with E-state index in [1.54, 1.807) is 6.20 Å². The Morgan fingerprint density at radius 2 is 1.75 bits per heavy atom. The molecule has 84 valence electrons. The fourth-order valence-corrected chi connectivity index (χ4v) is 1.66. The fraction of sp³-hybridized carbons (Fsp3) is 0.333. The van der Waals surface area contributed by atoms with E-state index in [0.717, 1.165) is 12.0 Å². The van der Waals surface area contributed by atoms with E-state index in [2.05, 4.69) is 41.4 Å². The summed E-state index contributed by atoms with van der Waals surface area (Å²) in [6.07, 6.45) is 3.39. The molecule has 0 aromatic heterocycles. The normalized spacial score (nSPS) is 17.6. The van der Waals surface area contributed by atoms with Crippen LogP contribution in [0.2, 0.25) is 0 Å². The number of hydrogen-bond donors (Lipinski definition) is 2. The third-order valence-corrected chi connectivity index (χ3v) is 2.78. The molecule has 1 aliphatic heterocycles. The Labute approximate surface area is 95.1 Å². The molecule has 4 heteroatoms. The van der Waals surface area contributed by atoms with Gasteiger partial charge >= 0.3 is 0 Å². The first-order chi connectivity index (χ1) is 7.62. The van der Waals surface area contributed by atoms with Crippen LogP contribution in [0.4, 0.5) is 0 Å². The van der Waals surface area contributed by atoms with Crippen LogP contribution in [0.25, 0.3) is 0 Å². The van der Waals surface area contributed by atoms with Gasteiger partial charge in [0.2, 0.25) is 5.79 Å². The molecular formula is C12H16N4. The summed E-state index contributed by atoms with van der Waals surface area (Å²) in [6.45, 7) is 2.14. The fourth-order valence-electron chi connectivity index (χ4n) is 1.66. The maximum atomic E-state index is 5.78. The molecule has 0 saturated carbocycles. The highest BCUT2D eigenvalue weighted by Crippen LogP contribution is 2.21. The predicted octanol–water partition coefficient (Wildman–Crippen LogP) is 1.71. The van der Waals surface area contributed by atoms with Gasteiger partial charge in [0.25, 0.3) is 0 Å². The Hall–Kier alpha value is -1.52. The zero-order valence-electron chi connectivity index (χ0n) is 9.35. The van der Waals surface area contributed by atoms with Crippen molar-refractivity contribution in [2.45, 2.75) is 25.6 Å². The van der Waals surface area contributed by atoms with E-state index in [-0.39, 0.29) is 0 Å². The van der Waals surface area contributed by atoms with Gasteiger partial charge in [-0.1, -0.05) is 31.2 Å². The van der Waals surface area contributed by atoms with E-state index in [4.69, 9.17) is 11.5 Å². The van der Waals surface area contributed by atoms with Crippen molar-refractivity contribution >= 4 is 0 Å². The lowest BCUT2D eigenvalue weighted by Gasteiger charge is -2.17. The van der Waals surface area contributed by atoms with E-state index in [9.17, 15) is 0 Å². The third kappa shape index (κ3) is 2.18. The van der Waals surface area contributed by atoms with Crippen molar-refractivity contribution in [2.24, 2.45) is 21.7 Å². The first-order valence-corrected chi connectivity index (χ1v) is 5.39. The Morgan fingerprint density at radius 1 is 1.12 bits per heavy atom. The van der Waals surface area contributed by atoms with Gasteiger partial charge in [-0.05, 0) is 17.5 Å². The standard InChI is InChI=1S/C12H16N4/c1-2-9-3-5-10(6-4-9)7-11-8-15-16-12(11,13)14/h3-6,8H,2,7,13-14H2,1H3. The lowest BCUT2D eigenvalue weighted by Crippen LogP contribution is -2.48. The first-order valence-electron chi connectivity index (χ1n) is 5.39. The molecule has 0 aliphatic carbocycles. The van der Waals surface area contributed by atoms with E-state index < -0.39 is 5.79 Å². The van der Waals surface area contributed by atoms with Crippen molar-refractivity contribution in [3.05, 3.63) is 47.2 Å². The van der Waals surface area contributed by atoms with Crippen molar-refractivity contribution < 1.29 is 0 Å². The number of rotatable bonds is 3. The molecule has 0 spiro atoms. The van der Waals surface area contributed by atoms with Gasteiger partial charge in [-0.3, -0.25) is 11.5 Å². The molecule has 0 atom stereocenters. The van der Waals surface area contributed by atoms with Gasteiger partial charge in [0.15, 0.2) is 0 Å². The average Bonchev–Trinajstić information content (AvgIpc) is 2.59. The Morgan fingerprint density at radius 3 is 2.25 bits per heavy atom. The van der Waals surface area contributed by atoms with Crippen LogP contribution in [0.1, 0.15) is 18.1 Å². The molecule has 16 heavy (non-hydrogen) atoms. The number of aryl methyl sites for hydroxylation is 1. The average molecular weight is 216 g/mol. The number of azo groups is 1. The largest absolute Gasteiger partial charge is 0.290 e. The second-order valence-electron chi connectivity index (χ2n) is 4.04. The monoisotopic (exact) mass is 216 g/mol. The number of nitrogens with two attached hydrogens (primary N) is 2. The zero-order valence-corrected chi connectivity index (χ0v) is 9.35. The highest BCUT2D eigenvalue weighted by Gasteiger charge is 2.27. The molecule has 1 heterocycles. The molecule has 0 radical (unpaired) electrons. The lowest BCUT2D eigenvalue weighted by molar-refractivity contribution is 0.533. The van der Waals surface area contributed by atoms with E-state index in [1.165, 1.54) is 11.1 Å². The lowest BCUT2D eigenvalue weighted by atomic mass is 10.0. The molecule has 0 saturated heterocycles. The second-order valence-corrected chi connectivity index (χ2v) is 4.04. The van der Waals surface area contributed by atoms with Crippen LogP contribution in [0.5, 0.6) is 0 Å². The molecule has 4 N–H and O–H groups in total. The van der Waals surface area contributed by atoms with Crippen LogP contribution in [0.3, 0.4) is 0 Å². The first kappa shape index (κ1) is 11.0. The smallest absolute Gasteiger partial charge is 0.204 e. The van der Waals surface area contributed by atoms with Crippen LogP contribution >= 0.6 is 0 Å². The van der Waals surface area contributed by atoms with E-state index in [0.29, 0.717) is 6.42 Å². The summed E-state index contributed by atoms with van der Waals surface area (Å²) in [5.41, 5.74) is 14.9. The predicted molar refractivity (Wildman–Crippen MR) is 63.6 cm³/mol. The van der Waals surface area contributed by atoms with Crippen molar-refractivity contribution in [1.82, 2.24) is 0 Å². The minimum absolute atomic E-state index is 0.698. The maximum absolute atomic E-state index is 5.78. The van der Waals surface area contributed by atoms with Gasteiger partial charge in [-0.25, -0.2) is 0 Å². The summed E-state index contributed by atoms with van der Waals surface area (Å²) >= 11 is 0. The van der Waals surface area contributed by atoms with Gasteiger partial charge in [0.1, 0.15) is 0 Å². The topological polar surface area (TPSA) is 76.8 Å². The summed E-state index contributed by atoms with van der Waals surface area (Å²) < 4.78 is 0. The van der Waals surface area contributed by atoms with Crippen LogP contribution in [0, 0.1) is 0 Å². The van der Waals surface area contributed by atoms with Crippen molar-refractivity contribution in [1.29, 1.82) is 0 Å². The Balaban J connectivity index is 2.10. The molecule has 0 fully saturated rings. The van der Waals surface area contributed by atoms with E-state index >= 15 is 0 Å². The Bertz CT molecular complexity index is 429. The summed E-state index contributed by atoms with van der Waals surface area (Å²) in [5.74, 6) is -1.12. The summed E-state index contributed by atoms with van der Waals surface area (Å²) in [7, 11) is 0. The number of nitrogens with zero attached hydrogens (tertiary/aromatic N) is 2. The van der Waals surface area contributed by atoms with Gasteiger partial charge < -0.3 is 0 Å². The molecule has 4 nitrogen and oxygen atoms in total. The summed E-state index contributed by atoms with van der Waals surface area (Å²) in [5, 5.41) is 7.53. The van der Waals surface area contributed by atoms with Crippen molar-refractivity contribution in [3.8, 4) is 0 Å². The molecule has 2 rings (SSSR count). The third-order valence-electron chi connectivity index (χ3n) is 2.78. The van der Waals surface area contributed by atoms with Gasteiger partial charge in [0, 0.05) is 12.0 Å². The van der Waals surface area contributed by atoms with Crippen LogP contribution < -0.4 is 11.5 Å². The van der Waals surface area contributed by atoms with Crippen molar-refractivity contribution in [3.63, 3.8) is 0 Å². The van der Waals surface area contributed by atoms with Gasteiger partial charge in [-0.15, -0.1) is 5.11 Å². The SMILES string of the molecule is CCc1ccc(CC2=CN=NC2(N)N)cc1. The Kier molecular flexibility index (Phi) is 2.85. The minimum atomic E-state index is -1.12. The summed E-state index contributed by atoms with van der Waals surface area (Å²) in [6, 6.07) is 8.42. The van der Waals surface area contributed by atoms with Crippen LogP contribution in [-0.4, -0.2) is 5.79 Å². The summed E-state index contributed by atoms with van der Waals surface area (Å²) in [4.78, 5) is 0. The molecule has 0 unspecified atom stereocenters. The molecule has 1 aromatic rings. The number of benzene rings is 1. The van der Waals surface area contributed by atoms with E-state index in [1.807, 2.05) is 0 Å². The molecule has 1 aliphatic rings.